The van der Waals surface area contributed by atoms with Gasteiger partial charge in [-0.15, -0.1) is 0 Å². The average Bonchev–Trinajstić information content (AvgIpc) is 2.02. The zero-order valence-electron chi connectivity index (χ0n) is 7.77. The van der Waals surface area contributed by atoms with Gasteiger partial charge in [0, 0.05) is 5.56 Å². The highest BCUT2D eigenvalue weighted by Crippen LogP contribution is 2.29. The second-order valence-electron chi connectivity index (χ2n) is 3.12. The van der Waals surface area contributed by atoms with Crippen LogP contribution in [0.15, 0.2) is 24.8 Å². The molecule has 0 N–H and O–H groups in total. The number of hydrogen-bond donors (Lipinski definition) is 0. The molecule has 1 rings (SSSR count). The Morgan fingerprint density at radius 3 is 2.38 bits per heavy atom. The van der Waals surface area contributed by atoms with Crippen LogP contribution in [0.3, 0.4) is 0 Å². The summed E-state index contributed by atoms with van der Waals surface area (Å²) in [6, 6.07) is 4.90. The van der Waals surface area contributed by atoms with Crippen LogP contribution < -0.4 is 0 Å². The first-order chi connectivity index (χ1) is 6.04. The predicted molar refractivity (Wildman–Crippen MR) is 50.8 cm³/mol. The molecule has 0 aliphatic heterocycles. The maximum absolute atomic E-state index is 12.5. The topological polar surface area (TPSA) is 0 Å². The third-order valence-corrected chi connectivity index (χ3v) is 1.97. The van der Waals surface area contributed by atoms with E-state index < -0.39 is 6.43 Å². The zero-order valence-corrected chi connectivity index (χ0v) is 7.77. The van der Waals surface area contributed by atoms with Crippen molar-refractivity contribution in [1.82, 2.24) is 0 Å². The summed E-state index contributed by atoms with van der Waals surface area (Å²) in [5.41, 5.74) is 2.21. The summed E-state index contributed by atoms with van der Waals surface area (Å²) >= 11 is 0. The molecular weight excluding hydrogens is 170 g/mol. The van der Waals surface area contributed by atoms with Crippen LogP contribution in [-0.4, -0.2) is 0 Å². The first-order valence-corrected chi connectivity index (χ1v) is 4.07. The molecule has 0 heterocycles. The predicted octanol–water partition coefficient (Wildman–Crippen LogP) is 3.97. The van der Waals surface area contributed by atoms with E-state index in [9.17, 15) is 8.78 Å². The van der Waals surface area contributed by atoms with Gasteiger partial charge >= 0.3 is 0 Å². The summed E-state index contributed by atoms with van der Waals surface area (Å²) in [4.78, 5) is 0. The Labute approximate surface area is 76.9 Å². The van der Waals surface area contributed by atoms with E-state index >= 15 is 0 Å². The maximum atomic E-state index is 12.5. The largest absolute Gasteiger partial charge is 0.264 e. The molecule has 0 spiro atoms. The lowest BCUT2D eigenvalue weighted by molar-refractivity contribution is 0.151. The highest BCUT2D eigenvalue weighted by molar-refractivity contribution is 5.67. The standard InChI is InChI=1S/C11H12F2/c1-7(2)10-8(3)5-4-6-9(10)11(12)13/h4-6,11H,1H2,2-3H3. The van der Waals surface area contributed by atoms with Gasteiger partial charge in [0.05, 0.1) is 0 Å². The summed E-state index contributed by atoms with van der Waals surface area (Å²) in [7, 11) is 0. The van der Waals surface area contributed by atoms with Gasteiger partial charge in [-0.25, -0.2) is 8.78 Å². The van der Waals surface area contributed by atoms with E-state index in [4.69, 9.17) is 0 Å². The van der Waals surface area contributed by atoms with Gasteiger partial charge in [0.2, 0.25) is 0 Å². The molecule has 0 fully saturated rings. The second-order valence-corrected chi connectivity index (χ2v) is 3.12. The van der Waals surface area contributed by atoms with Crippen molar-refractivity contribution in [3.63, 3.8) is 0 Å². The first kappa shape index (κ1) is 9.90. The fourth-order valence-corrected chi connectivity index (χ4v) is 1.46. The van der Waals surface area contributed by atoms with E-state index in [1.807, 2.05) is 13.0 Å². The molecule has 0 saturated heterocycles. The van der Waals surface area contributed by atoms with Crippen LogP contribution in [0.25, 0.3) is 5.57 Å². The van der Waals surface area contributed by atoms with Crippen LogP contribution in [0.4, 0.5) is 8.78 Å². The number of aryl methyl sites for hydroxylation is 1. The minimum absolute atomic E-state index is 0.0764. The zero-order chi connectivity index (χ0) is 10.0. The number of hydrogen-bond acceptors (Lipinski definition) is 0. The number of alkyl halides is 2. The summed E-state index contributed by atoms with van der Waals surface area (Å²) in [6.45, 7) is 7.26. The average molecular weight is 182 g/mol. The number of allylic oxidation sites excluding steroid dienone is 1. The van der Waals surface area contributed by atoms with Crippen LogP contribution in [0.5, 0.6) is 0 Å². The fraction of sp³-hybridized carbons (Fsp3) is 0.273. The third kappa shape index (κ3) is 1.94. The Kier molecular flexibility index (Phi) is 2.81. The Bertz CT molecular complexity index is 327. The van der Waals surface area contributed by atoms with E-state index in [-0.39, 0.29) is 5.56 Å². The third-order valence-electron chi connectivity index (χ3n) is 1.97. The molecule has 13 heavy (non-hydrogen) atoms. The second kappa shape index (κ2) is 3.69. The molecule has 0 aromatic heterocycles. The van der Waals surface area contributed by atoms with Crippen molar-refractivity contribution >= 4 is 5.57 Å². The van der Waals surface area contributed by atoms with E-state index in [2.05, 4.69) is 6.58 Å². The van der Waals surface area contributed by atoms with Gasteiger partial charge in [0.25, 0.3) is 6.43 Å². The van der Waals surface area contributed by atoms with Gasteiger partial charge in [-0.05, 0) is 25.0 Å². The van der Waals surface area contributed by atoms with Gasteiger partial charge in [-0.2, -0.15) is 0 Å². The lowest BCUT2D eigenvalue weighted by atomic mass is 9.97. The number of benzene rings is 1. The first-order valence-electron chi connectivity index (χ1n) is 4.07. The summed E-state index contributed by atoms with van der Waals surface area (Å²) in [5, 5.41) is 0. The Morgan fingerprint density at radius 1 is 1.38 bits per heavy atom. The molecule has 1 aromatic rings. The van der Waals surface area contributed by atoms with Gasteiger partial charge < -0.3 is 0 Å². The smallest absolute Gasteiger partial charge is 0.205 e. The molecule has 1 aromatic carbocycles. The van der Waals surface area contributed by atoms with E-state index in [0.717, 1.165) is 5.56 Å². The minimum atomic E-state index is -2.42. The van der Waals surface area contributed by atoms with E-state index in [0.29, 0.717) is 11.1 Å². The molecule has 0 aliphatic rings. The molecule has 0 unspecified atom stereocenters. The lowest BCUT2D eigenvalue weighted by Crippen LogP contribution is -1.94. The van der Waals surface area contributed by atoms with Crippen molar-refractivity contribution in [1.29, 1.82) is 0 Å². The van der Waals surface area contributed by atoms with Gasteiger partial charge in [0.1, 0.15) is 0 Å². The summed E-state index contributed by atoms with van der Waals surface area (Å²) in [6.07, 6.45) is -2.42. The summed E-state index contributed by atoms with van der Waals surface area (Å²) in [5.74, 6) is 0. The van der Waals surface area contributed by atoms with Crippen molar-refractivity contribution in [3.05, 3.63) is 41.5 Å². The normalized spacial score (nSPS) is 10.5. The molecule has 0 radical (unpaired) electrons. The highest BCUT2D eigenvalue weighted by atomic mass is 19.3. The summed E-state index contributed by atoms with van der Waals surface area (Å²) < 4.78 is 25.1. The molecule has 0 atom stereocenters. The van der Waals surface area contributed by atoms with Crippen molar-refractivity contribution < 1.29 is 8.78 Å². The fourth-order valence-electron chi connectivity index (χ4n) is 1.46. The number of rotatable bonds is 2. The molecule has 0 amide bonds. The van der Waals surface area contributed by atoms with Crippen LogP contribution in [0, 0.1) is 6.92 Å². The molecule has 0 bridgehead atoms. The minimum Gasteiger partial charge on any atom is -0.205 e. The van der Waals surface area contributed by atoms with Gasteiger partial charge in [-0.3, -0.25) is 0 Å². The monoisotopic (exact) mass is 182 g/mol. The van der Waals surface area contributed by atoms with Crippen LogP contribution in [-0.2, 0) is 0 Å². The van der Waals surface area contributed by atoms with Crippen LogP contribution in [0.1, 0.15) is 30.0 Å². The molecule has 0 nitrogen and oxygen atoms in total. The van der Waals surface area contributed by atoms with Gasteiger partial charge in [0.15, 0.2) is 0 Å². The molecule has 0 aliphatic carbocycles. The molecule has 2 heteroatoms. The molecular formula is C11H12F2. The number of halogens is 2. The Morgan fingerprint density at radius 2 is 2.00 bits per heavy atom. The Hall–Kier alpha value is -1.18. The van der Waals surface area contributed by atoms with Crippen molar-refractivity contribution in [2.75, 3.05) is 0 Å². The highest BCUT2D eigenvalue weighted by Gasteiger charge is 2.14. The van der Waals surface area contributed by atoms with Crippen molar-refractivity contribution in [2.45, 2.75) is 20.3 Å². The van der Waals surface area contributed by atoms with Crippen molar-refractivity contribution in [3.8, 4) is 0 Å². The maximum Gasteiger partial charge on any atom is 0.264 e. The van der Waals surface area contributed by atoms with Gasteiger partial charge in [-0.1, -0.05) is 30.4 Å². The molecule has 70 valence electrons. The van der Waals surface area contributed by atoms with Crippen LogP contribution in [0.2, 0.25) is 0 Å². The van der Waals surface area contributed by atoms with E-state index in [1.54, 1.807) is 13.0 Å². The Balaban J connectivity index is 3.34. The SMILES string of the molecule is C=C(C)c1c(C)cccc1C(F)F. The van der Waals surface area contributed by atoms with Crippen molar-refractivity contribution in [2.24, 2.45) is 0 Å². The molecule has 0 saturated carbocycles. The van der Waals surface area contributed by atoms with Crippen LogP contribution >= 0.6 is 0 Å². The lowest BCUT2D eigenvalue weighted by Gasteiger charge is -2.11. The van der Waals surface area contributed by atoms with E-state index in [1.165, 1.54) is 6.07 Å². The quantitative estimate of drug-likeness (QED) is 0.649.